The van der Waals surface area contributed by atoms with Crippen LogP contribution in [0.3, 0.4) is 0 Å². The molecule has 2 fully saturated rings. The molecule has 2 saturated carbocycles. The van der Waals surface area contributed by atoms with E-state index in [1.807, 2.05) is 0 Å². The smallest absolute Gasteiger partial charge is 0.264 e. The van der Waals surface area contributed by atoms with Crippen LogP contribution in [0, 0.1) is 17.8 Å². The third-order valence-corrected chi connectivity index (χ3v) is 4.21. The summed E-state index contributed by atoms with van der Waals surface area (Å²) in [6.45, 7) is 0. The minimum absolute atomic E-state index is 0.0356. The number of anilines is 1. The third kappa shape index (κ3) is 1.82. The van der Waals surface area contributed by atoms with E-state index in [4.69, 9.17) is 5.73 Å². The second kappa shape index (κ2) is 4.20. The summed E-state index contributed by atoms with van der Waals surface area (Å²) < 4.78 is 0. The second-order valence-corrected chi connectivity index (χ2v) is 5.23. The molecule has 1 aromatic heterocycles. The molecule has 2 bridgehead atoms. The van der Waals surface area contributed by atoms with Crippen molar-refractivity contribution in [2.75, 3.05) is 5.32 Å². The fourth-order valence-electron chi connectivity index (χ4n) is 3.35. The molecule has 3 rings (SSSR count). The molecule has 18 heavy (non-hydrogen) atoms. The first-order valence-electron chi connectivity index (χ1n) is 6.27. The van der Waals surface area contributed by atoms with Gasteiger partial charge in [0.05, 0.1) is 5.92 Å². The minimum Gasteiger partial charge on any atom is -0.327 e. The first kappa shape index (κ1) is 11.4. The van der Waals surface area contributed by atoms with Gasteiger partial charge in [-0.05, 0) is 37.2 Å². The molecule has 0 radical (unpaired) electrons. The predicted molar refractivity (Wildman–Crippen MR) is 65.8 cm³/mol. The van der Waals surface area contributed by atoms with Crippen LogP contribution in [0.5, 0.6) is 0 Å². The highest BCUT2D eigenvalue weighted by Gasteiger charge is 2.49. The molecule has 4 unspecified atom stereocenters. The number of amides is 1. The van der Waals surface area contributed by atoms with Crippen molar-refractivity contribution in [2.24, 2.45) is 23.5 Å². The van der Waals surface area contributed by atoms with Gasteiger partial charge in [-0.15, -0.1) is 0 Å². The maximum Gasteiger partial charge on any atom is 0.264 e. The van der Waals surface area contributed by atoms with Gasteiger partial charge in [-0.25, -0.2) is 5.10 Å². The van der Waals surface area contributed by atoms with Crippen LogP contribution in [0.1, 0.15) is 19.3 Å². The number of nitrogens with one attached hydrogen (secondary N) is 2. The molecule has 4 atom stereocenters. The van der Waals surface area contributed by atoms with Crippen molar-refractivity contribution in [3.63, 3.8) is 0 Å². The molecule has 6 nitrogen and oxygen atoms in total. The summed E-state index contributed by atoms with van der Waals surface area (Å²) in [7, 11) is 0. The van der Waals surface area contributed by atoms with E-state index >= 15 is 0 Å². The van der Waals surface area contributed by atoms with Gasteiger partial charge in [-0.1, -0.05) is 0 Å². The van der Waals surface area contributed by atoms with Crippen molar-refractivity contribution in [2.45, 2.75) is 25.3 Å². The summed E-state index contributed by atoms with van der Waals surface area (Å²) in [5.74, 6) is 1.09. The number of rotatable bonds is 2. The van der Waals surface area contributed by atoms with Gasteiger partial charge in [-0.2, -0.15) is 5.10 Å². The van der Waals surface area contributed by atoms with E-state index in [1.165, 1.54) is 12.1 Å². The molecule has 96 valence electrons. The fourth-order valence-corrected chi connectivity index (χ4v) is 3.35. The summed E-state index contributed by atoms with van der Waals surface area (Å²) >= 11 is 0. The van der Waals surface area contributed by atoms with Crippen LogP contribution in [-0.4, -0.2) is 22.1 Å². The van der Waals surface area contributed by atoms with Gasteiger partial charge in [0, 0.05) is 12.1 Å². The normalized spacial score (nSPS) is 33.6. The zero-order valence-corrected chi connectivity index (χ0v) is 9.93. The van der Waals surface area contributed by atoms with Gasteiger partial charge in [0.1, 0.15) is 0 Å². The number of carbonyl (C=O) groups is 1. The maximum absolute atomic E-state index is 12.2. The molecule has 2 aliphatic carbocycles. The first-order valence-corrected chi connectivity index (χ1v) is 6.27. The highest BCUT2D eigenvalue weighted by molar-refractivity contribution is 5.92. The van der Waals surface area contributed by atoms with Crippen LogP contribution in [-0.2, 0) is 4.79 Å². The molecular formula is C12H16N4O2. The van der Waals surface area contributed by atoms with Gasteiger partial charge in [-0.3, -0.25) is 9.59 Å². The SMILES string of the molecule is NC1C2CCC(C2)C1C(=O)Nc1ccc(=O)[nH]n1. The van der Waals surface area contributed by atoms with E-state index in [1.54, 1.807) is 0 Å². The number of nitrogens with zero attached hydrogens (tertiary/aromatic N) is 1. The number of hydrogen-bond acceptors (Lipinski definition) is 4. The van der Waals surface area contributed by atoms with Crippen LogP contribution in [0.2, 0.25) is 0 Å². The average molecular weight is 248 g/mol. The Bertz CT molecular complexity index is 505. The summed E-state index contributed by atoms with van der Waals surface area (Å²) in [6.07, 6.45) is 3.31. The Labute approximate surface area is 104 Å². The van der Waals surface area contributed by atoms with Crippen molar-refractivity contribution in [3.05, 3.63) is 22.5 Å². The zero-order valence-electron chi connectivity index (χ0n) is 9.93. The monoisotopic (exact) mass is 248 g/mol. The first-order chi connectivity index (χ1) is 8.65. The number of aromatic amines is 1. The predicted octanol–water partition coefficient (Wildman–Crippen LogP) is 0.0818. The van der Waals surface area contributed by atoms with Gasteiger partial charge in [0.2, 0.25) is 5.91 Å². The van der Waals surface area contributed by atoms with E-state index in [0.717, 1.165) is 19.3 Å². The molecule has 1 amide bonds. The van der Waals surface area contributed by atoms with Crippen molar-refractivity contribution >= 4 is 11.7 Å². The molecular weight excluding hydrogens is 232 g/mol. The van der Waals surface area contributed by atoms with Gasteiger partial charge < -0.3 is 11.1 Å². The highest BCUT2D eigenvalue weighted by atomic mass is 16.2. The maximum atomic E-state index is 12.2. The quantitative estimate of drug-likeness (QED) is 0.690. The lowest BCUT2D eigenvalue weighted by Gasteiger charge is -2.26. The van der Waals surface area contributed by atoms with Crippen molar-refractivity contribution < 1.29 is 4.79 Å². The van der Waals surface area contributed by atoms with Crippen molar-refractivity contribution in [1.82, 2.24) is 10.2 Å². The van der Waals surface area contributed by atoms with E-state index in [9.17, 15) is 9.59 Å². The van der Waals surface area contributed by atoms with E-state index in [0.29, 0.717) is 17.7 Å². The van der Waals surface area contributed by atoms with Crippen LogP contribution < -0.4 is 16.6 Å². The van der Waals surface area contributed by atoms with E-state index in [2.05, 4.69) is 15.5 Å². The molecule has 1 aromatic rings. The number of fused-ring (bicyclic) bond motifs is 2. The Hall–Kier alpha value is -1.69. The van der Waals surface area contributed by atoms with Crippen LogP contribution >= 0.6 is 0 Å². The Morgan fingerprint density at radius 3 is 2.78 bits per heavy atom. The Balaban J connectivity index is 1.72. The summed E-state index contributed by atoms with van der Waals surface area (Å²) in [6, 6.07) is 2.80. The topological polar surface area (TPSA) is 101 Å². The molecule has 6 heteroatoms. The average Bonchev–Trinajstić information content (AvgIpc) is 2.92. The molecule has 0 spiro atoms. The lowest BCUT2D eigenvalue weighted by Crippen LogP contribution is -2.42. The van der Waals surface area contributed by atoms with E-state index < -0.39 is 0 Å². The van der Waals surface area contributed by atoms with Crippen molar-refractivity contribution in [3.8, 4) is 0 Å². The van der Waals surface area contributed by atoms with Crippen LogP contribution in [0.25, 0.3) is 0 Å². The molecule has 4 N–H and O–H groups in total. The Kier molecular flexibility index (Phi) is 2.66. The largest absolute Gasteiger partial charge is 0.327 e. The van der Waals surface area contributed by atoms with Gasteiger partial charge >= 0.3 is 0 Å². The fraction of sp³-hybridized carbons (Fsp3) is 0.583. The summed E-state index contributed by atoms with van der Waals surface area (Å²) in [4.78, 5) is 23.0. The number of aromatic nitrogens is 2. The highest BCUT2D eigenvalue weighted by Crippen LogP contribution is 2.47. The lowest BCUT2D eigenvalue weighted by molar-refractivity contribution is -0.121. The lowest BCUT2D eigenvalue weighted by atomic mass is 9.84. The molecule has 1 heterocycles. The molecule has 0 aliphatic heterocycles. The van der Waals surface area contributed by atoms with Crippen molar-refractivity contribution in [1.29, 1.82) is 0 Å². The van der Waals surface area contributed by atoms with Crippen LogP contribution in [0.15, 0.2) is 16.9 Å². The van der Waals surface area contributed by atoms with Gasteiger partial charge in [0.15, 0.2) is 5.82 Å². The molecule has 0 saturated heterocycles. The summed E-state index contributed by atoms with van der Waals surface area (Å²) in [5.41, 5.74) is 5.82. The number of carbonyl (C=O) groups excluding carboxylic acids is 1. The minimum atomic E-state index is -0.287. The third-order valence-electron chi connectivity index (χ3n) is 4.21. The number of H-pyrrole nitrogens is 1. The number of hydrogen-bond donors (Lipinski definition) is 3. The summed E-state index contributed by atoms with van der Waals surface area (Å²) in [5, 5.41) is 8.78. The van der Waals surface area contributed by atoms with Gasteiger partial charge in [0.25, 0.3) is 5.56 Å². The van der Waals surface area contributed by atoms with E-state index in [-0.39, 0.29) is 23.4 Å². The second-order valence-electron chi connectivity index (χ2n) is 5.23. The molecule has 2 aliphatic rings. The standard InChI is InChI=1S/C12H16N4O2/c13-11-7-2-1-6(5-7)10(11)12(18)14-8-3-4-9(17)16-15-8/h3-4,6-7,10-11H,1-2,5,13H2,(H,16,17)(H,14,15,18). The molecule has 0 aromatic carbocycles. The zero-order chi connectivity index (χ0) is 12.7. The number of nitrogens with two attached hydrogens (primary N) is 1. The Morgan fingerprint density at radius 2 is 2.17 bits per heavy atom. The Morgan fingerprint density at radius 1 is 1.39 bits per heavy atom. The van der Waals surface area contributed by atoms with Crippen LogP contribution in [0.4, 0.5) is 5.82 Å².